The van der Waals surface area contributed by atoms with Crippen molar-refractivity contribution < 1.29 is 8.42 Å². The first-order chi connectivity index (χ1) is 9.07. The van der Waals surface area contributed by atoms with Crippen molar-refractivity contribution in [1.29, 1.82) is 10.8 Å². The van der Waals surface area contributed by atoms with E-state index in [9.17, 15) is 8.42 Å². The highest BCUT2D eigenvalue weighted by Gasteiger charge is 2.22. The molecule has 0 atom stereocenters. The minimum absolute atomic E-state index is 0.00195. The standard InChI is InChI=1S/C12H8N4O2S/c13-15-9-3-1-5-11(7-9)19(17,18)12-6-2-4-10(8-12)16-14/h1-8H/q+2. The van der Waals surface area contributed by atoms with Gasteiger partial charge in [-0.1, -0.05) is 12.1 Å². The predicted molar refractivity (Wildman–Crippen MR) is 67.8 cm³/mol. The average molecular weight is 272 g/mol. The van der Waals surface area contributed by atoms with Crippen molar-refractivity contribution in [1.82, 2.24) is 0 Å². The fourth-order valence-corrected chi connectivity index (χ4v) is 2.90. The molecule has 7 heteroatoms. The number of sulfone groups is 1. The quantitative estimate of drug-likeness (QED) is 0.782. The Hall–Kier alpha value is -2.77. The topological polar surface area (TPSA) is 90.4 Å². The molecule has 2 aromatic carbocycles. The van der Waals surface area contributed by atoms with Crippen molar-refractivity contribution in [3.05, 3.63) is 58.5 Å². The summed E-state index contributed by atoms with van der Waals surface area (Å²) in [5.41, 5.74) is 0.285. The zero-order valence-corrected chi connectivity index (χ0v) is 10.4. The van der Waals surface area contributed by atoms with Crippen LogP contribution in [-0.4, -0.2) is 8.42 Å². The number of benzene rings is 2. The second kappa shape index (κ2) is 4.84. The van der Waals surface area contributed by atoms with E-state index in [4.69, 9.17) is 10.8 Å². The Bertz CT molecular complexity index is 753. The molecule has 92 valence electrons. The predicted octanol–water partition coefficient (Wildman–Crippen LogP) is 3.49. The van der Waals surface area contributed by atoms with Crippen LogP contribution in [0.1, 0.15) is 0 Å². The third-order valence-electron chi connectivity index (χ3n) is 2.49. The van der Waals surface area contributed by atoms with Crippen LogP contribution in [0.4, 0.5) is 11.4 Å². The minimum atomic E-state index is -3.75. The van der Waals surface area contributed by atoms with Crippen LogP contribution in [-0.2, 0) is 9.84 Å². The summed E-state index contributed by atoms with van der Waals surface area (Å²) >= 11 is 0. The molecule has 0 fully saturated rings. The largest absolute Gasteiger partial charge is 0.386 e. The molecule has 0 saturated heterocycles. The molecule has 0 amide bonds. The van der Waals surface area contributed by atoms with E-state index in [2.05, 4.69) is 9.95 Å². The van der Waals surface area contributed by atoms with Crippen molar-refractivity contribution in [3.8, 4) is 0 Å². The van der Waals surface area contributed by atoms with Crippen LogP contribution in [0.15, 0.2) is 58.3 Å². The summed E-state index contributed by atoms with van der Waals surface area (Å²) in [6.07, 6.45) is 0. The summed E-state index contributed by atoms with van der Waals surface area (Å²) in [4.78, 5) is 5.89. The highest BCUT2D eigenvalue weighted by Crippen LogP contribution is 2.26. The van der Waals surface area contributed by atoms with Crippen molar-refractivity contribution in [2.45, 2.75) is 9.79 Å². The molecule has 0 heterocycles. The summed E-state index contributed by atoms with van der Waals surface area (Å²) in [7, 11) is -3.75. The summed E-state index contributed by atoms with van der Waals surface area (Å²) in [5, 5.41) is 17.3. The number of nitrogens with zero attached hydrogens (tertiary/aromatic N) is 4. The van der Waals surface area contributed by atoms with Gasteiger partial charge in [0.15, 0.2) is 9.95 Å². The van der Waals surface area contributed by atoms with Gasteiger partial charge < -0.3 is 0 Å². The Balaban J connectivity index is 2.59. The van der Waals surface area contributed by atoms with Crippen LogP contribution in [0.3, 0.4) is 0 Å². The lowest BCUT2D eigenvalue weighted by atomic mass is 10.3. The van der Waals surface area contributed by atoms with Crippen molar-refractivity contribution in [3.63, 3.8) is 0 Å². The van der Waals surface area contributed by atoms with E-state index in [1.165, 1.54) is 48.5 Å². The van der Waals surface area contributed by atoms with E-state index < -0.39 is 9.84 Å². The highest BCUT2D eigenvalue weighted by molar-refractivity contribution is 7.91. The van der Waals surface area contributed by atoms with E-state index in [1.54, 1.807) is 0 Å². The molecule has 19 heavy (non-hydrogen) atoms. The molecule has 0 bridgehead atoms. The lowest BCUT2D eigenvalue weighted by molar-refractivity contribution is 0.596. The number of diazo groups is 2. The van der Waals surface area contributed by atoms with Gasteiger partial charge in [-0.25, -0.2) is 8.42 Å². The summed E-state index contributed by atoms with van der Waals surface area (Å²) in [6, 6.07) is 11.2. The SMILES string of the molecule is N#[N+]c1cccc(S(=O)(=O)c2cccc([N+]#N)c2)c1. The Morgan fingerprint density at radius 1 is 0.789 bits per heavy atom. The Kier molecular flexibility index (Phi) is 3.23. The second-order valence-electron chi connectivity index (χ2n) is 3.70. The normalized spacial score (nSPS) is 10.4. The van der Waals surface area contributed by atoms with E-state index in [0.717, 1.165) is 0 Å². The second-order valence-corrected chi connectivity index (χ2v) is 5.65. The molecule has 0 aliphatic carbocycles. The molecule has 0 aliphatic heterocycles. The lowest BCUT2D eigenvalue weighted by Gasteiger charge is -2.01. The van der Waals surface area contributed by atoms with Crippen LogP contribution < -0.4 is 0 Å². The van der Waals surface area contributed by atoms with Crippen LogP contribution in [0.5, 0.6) is 0 Å². The lowest BCUT2D eigenvalue weighted by Crippen LogP contribution is -2.01. The van der Waals surface area contributed by atoms with Gasteiger partial charge >= 0.3 is 11.4 Å². The zero-order chi connectivity index (χ0) is 13.9. The van der Waals surface area contributed by atoms with Gasteiger partial charge in [0.2, 0.25) is 20.6 Å². The van der Waals surface area contributed by atoms with Crippen LogP contribution in [0.25, 0.3) is 9.95 Å². The molecule has 0 radical (unpaired) electrons. The van der Waals surface area contributed by atoms with Crippen molar-refractivity contribution >= 4 is 21.2 Å². The first kappa shape index (κ1) is 12.7. The maximum atomic E-state index is 12.3. The maximum absolute atomic E-state index is 12.3. The van der Waals surface area contributed by atoms with Crippen molar-refractivity contribution in [2.75, 3.05) is 0 Å². The number of rotatable bonds is 2. The number of hydrogen-bond acceptors (Lipinski definition) is 4. The van der Waals surface area contributed by atoms with Gasteiger partial charge in [0.05, 0.1) is 21.9 Å². The molecule has 0 spiro atoms. The third kappa shape index (κ3) is 2.41. The smallest absolute Gasteiger partial charge is 0.219 e. The Labute approximate surface area is 109 Å². The molecular formula is C12H8N4O2S+2. The van der Waals surface area contributed by atoms with E-state index in [0.29, 0.717) is 0 Å². The average Bonchev–Trinajstić information content (AvgIpc) is 2.47. The van der Waals surface area contributed by atoms with Crippen LogP contribution >= 0.6 is 0 Å². The molecular weight excluding hydrogens is 264 g/mol. The van der Waals surface area contributed by atoms with Crippen LogP contribution in [0.2, 0.25) is 0 Å². The van der Waals surface area contributed by atoms with Gasteiger partial charge in [-0.15, -0.1) is 0 Å². The Morgan fingerprint density at radius 2 is 1.21 bits per heavy atom. The van der Waals surface area contributed by atoms with Gasteiger partial charge in [0.25, 0.3) is 0 Å². The molecule has 0 aliphatic rings. The molecule has 0 unspecified atom stereocenters. The van der Waals surface area contributed by atoms with Gasteiger partial charge in [0.1, 0.15) is 0 Å². The number of hydrogen-bond donors (Lipinski definition) is 0. The molecule has 0 saturated carbocycles. The van der Waals surface area contributed by atoms with E-state index in [-0.39, 0.29) is 21.2 Å². The monoisotopic (exact) mass is 272 g/mol. The van der Waals surface area contributed by atoms with E-state index >= 15 is 0 Å². The maximum Gasteiger partial charge on any atom is 0.386 e. The summed E-state index contributed by atoms with van der Waals surface area (Å²) in [6.45, 7) is 0. The van der Waals surface area contributed by atoms with Gasteiger partial charge in [-0.2, -0.15) is 0 Å². The molecule has 0 N–H and O–H groups in total. The molecule has 2 aromatic rings. The van der Waals surface area contributed by atoms with E-state index in [1.807, 2.05) is 0 Å². The fraction of sp³-hybridized carbons (Fsp3) is 0. The first-order valence-electron chi connectivity index (χ1n) is 5.23. The summed E-state index contributed by atoms with van der Waals surface area (Å²) < 4.78 is 24.6. The van der Waals surface area contributed by atoms with Gasteiger partial charge in [-0.05, 0) is 12.1 Å². The zero-order valence-electron chi connectivity index (χ0n) is 9.63. The molecule has 0 aromatic heterocycles. The Morgan fingerprint density at radius 3 is 1.58 bits per heavy atom. The van der Waals surface area contributed by atoms with Gasteiger partial charge in [0, 0.05) is 12.1 Å². The molecule has 2 rings (SSSR count). The molecule has 6 nitrogen and oxygen atoms in total. The van der Waals surface area contributed by atoms with Gasteiger partial charge in [-0.3, -0.25) is 0 Å². The van der Waals surface area contributed by atoms with Crippen LogP contribution in [0, 0.1) is 10.8 Å². The fourth-order valence-electron chi connectivity index (χ4n) is 1.56. The van der Waals surface area contributed by atoms with Crippen molar-refractivity contribution in [2.24, 2.45) is 0 Å². The highest BCUT2D eigenvalue weighted by atomic mass is 32.2. The third-order valence-corrected chi connectivity index (χ3v) is 4.24. The summed E-state index contributed by atoms with van der Waals surface area (Å²) in [5.74, 6) is 0. The first-order valence-corrected chi connectivity index (χ1v) is 6.71. The minimum Gasteiger partial charge on any atom is -0.219 e.